The zero-order chi connectivity index (χ0) is 12.3. The molecule has 0 fully saturated rings. The lowest BCUT2D eigenvalue weighted by atomic mass is 10.1. The predicted octanol–water partition coefficient (Wildman–Crippen LogP) is 2.18. The minimum absolute atomic E-state index is 0.00358. The number of hydrogen-bond donors (Lipinski definition) is 1. The molecular weight excluding hydrogens is 220 g/mol. The van der Waals surface area contributed by atoms with Crippen molar-refractivity contribution < 1.29 is 19.4 Å². The van der Waals surface area contributed by atoms with Gasteiger partial charge in [0.25, 0.3) is 0 Å². The first-order valence-corrected chi connectivity index (χ1v) is 5.08. The fourth-order valence-corrected chi connectivity index (χ4v) is 1.45. The molecule has 1 aromatic carbocycles. The highest BCUT2D eigenvalue weighted by Crippen LogP contribution is 2.22. The van der Waals surface area contributed by atoms with Crippen molar-refractivity contribution in [3.63, 3.8) is 0 Å². The smallest absolute Gasteiger partial charge is 0.339 e. The highest BCUT2D eigenvalue weighted by molar-refractivity contribution is 5.93. The first kappa shape index (κ1) is 11.1. The summed E-state index contributed by atoms with van der Waals surface area (Å²) in [6, 6.07) is 6.37. The predicted molar refractivity (Wildman–Crippen MR) is 60.9 cm³/mol. The van der Waals surface area contributed by atoms with Crippen LogP contribution in [0.15, 0.2) is 48.3 Å². The summed E-state index contributed by atoms with van der Waals surface area (Å²) in [6.07, 6.45) is 4.85. The normalized spacial score (nSPS) is 14.4. The Bertz CT molecular complexity index is 526. The van der Waals surface area contributed by atoms with Crippen molar-refractivity contribution in [2.75, 3.05) is 0 Å². The number of benzene rings is 1. The topological polar surface area (TPSA) is 63.6 Å². The van der Waals surface area contributed by atoms with Crippen LogP contribution in [0.2, 0.25) is 0 Å². The molecule has 1 N–H and O–H groups in total. The van der Waals surface area contributed by atoms with E-state index in [2.05, 4.69) is 0 Å². The molecule has 2 rings (SSSR count). The van der Waals surface area contributed by atoms with E-state index in [-0.39, 0.29) is 23.5 Å². The summed E-state index contributed by atoms with van der Waals surface area (Å²) in [5.41, 5.74) is 0.0960. The van der Waals surface area contributed by atoms with Gasteiger partial charge in [-0.2, -0.15) is 0 Å². The second-order valence-corrected chi connectivity index (χ2v) is 3.51. The molecule has 0 bridgehead atoms. The van der Waals surface area contributed by atoms with Crippen LogP contribution in [-0.2, 0) is 4.79 Å². The van der Waals surface area contributed by atoms with E-state index in [0.717, 1.165) is 0 Å². The lowest BCUT2D eigenvalue weighted by molar-refractivity contribution is -0.114. The summed E-state index contributed by atoms with van der Waals surface area (Å²) in [7, 11) is 0. The Kier molecular flexibility index (Phi) is 3.05. The van der Waals surface area contributed by atoms with Crippen LogP contribution in [-0.4, -0.2) is 16.9 Å². The van der Waals surface area contributed by atoms with Crippen LogP contribution in [0.5, 0.6) is 5.75 Å². The van der Waals surface area contributed by atoms with E-state index in [9.17, 15) is 9.59 Å². The third-order valence-electron chi connectivity index (χ3n) is 2.28. The van der Waals surface area contributed by atoms with Gasteiger partial charge in [-0.1, -0.05) is 12.1 Å². The number of carboxylic acid groups (broad SMARTS) is 1. The first-order valence-electron chi connectivity index (χ1n) is 5.08. The van der Waals surface area contributed by atoms with Crippen molar-refractivity contribution in [1.29, 1.82) is 0 Å². The SMILES string of the molecule is O=C1C=CC(Oc2ccccc2C(=O)O)=CC1. The fourth-order valence-electron chi connectivity index (χ4n) is 1.45. The average Bonchev–Trinajstić information content (AvgIpc) is 2.32. The van der Waals surface area contributed by atoms with Crippen LogP contribution in [0.4, 0.5) is 0 Å². The second kappa shape index (κ2) is 4.65. The largest absolute Gasteiger partial charge is 0.478 e. The highest BCUT2D eigenvalue weighted by atomic mass is 16.5. The molecule has 0 saturated carbocycles. The zero-order valence-corrected chi connectivity index (χ0v) is 8.92. The Morgan fingerprint density at radius 3 is 2.65 bits per heavy atom. The third-order valence-corrected chi connectivity index (χ3v) is 2.28. The number of rotatable bonds is 3. The summed E-state index contributed by atoms with van der Waals surface area (Å²) in [5, 5.41) is 8.97. The molecule has 4 nitrogen and oxygen atoms in total. The molecule has 4 heteroatoms. The van der Waals surface area contributed by atoms with Crippen molar-refractivity contribution in [2.45, 2.75) is 6.42 Å². The van der Waals surface area contributed by atoms with Crippen molar-refractivity contribution >= 4 is 11.8 Å². The van der Waals surface area contributed by atoms with Gasteiger partial charge in [-0.3, -0.25) is 4.79 Å². The van der Waals surface area contributed by atoms with E-state index in [1.54, 1.807) is 24.3 Å². The maximum atomic E-state index is 11.0. The molecule has 0 radical (unpaired) electrons. The highest BCUT2D eigenvalue weighted by Gasteiger charge is 2.12. The van der Waals surface area contributed by atoms with E-state index >= 15 is 0 Å². The van der Waals surface area contributed by atoms with Gasteiger partial charge in [0.1, 0.15) is 17.1 Å². The summed E-state index contributed by atoms with van der Waals surface area (Å²) in [5.74, 6) is -0.288. The molecule has 0 atom stereocenters. The number of ether oxygens (including phenoxy) is 1. The average molecular weight is 230 g/mol. The molecule has 0 heterocycles. The Morgan fingerprint density at radius 1 is 1.24 bits per heavy atom. The molecule has 0 saturated heterocycles. The van der Waals surface area contributed by atoms with Gasteiger partial charge in [0.15, 0.2) is 5.78 Å². The van der Waals surface area contributed by atoms with Crippen LogP contribution in [0.3, 0.4) is 0 Å². The molecular formula is C13H10O4. The Morgan fingerprint density at radius 2 is 2.00 bits per heavy atom. The van der Waals surface area contributed by atoms with Gasteiger partial charge in [-0.05, 0) is 30.4 Å². The monoisotopic (exact) mass is 230 g/mol. The van der Waals surface area contributed by atoms with Crippen LogP contribution in [0.25, 0.3) is 0 Å². The minimum Gasteiger partial charge on any atom is -0.478 e. The minimum atomic E-state index is -1.04. The summed E-state index contributed by atoms with van der Waals surface area (Å²) >= 11 is 0. The molecule has 0 spiro atoms. The quantitative estimate of drug-likeness (QED) is 0.864. The molecule has 0 aromatic heterocycles. The van der Waals surface area contributed by atoms with Crippen molar-refractivity contribution in [2.24, 2.45) is 0 Å². The number of carboxylic acids is 1. The first-order chi connectivity index (χ1) is 8.16. The van der Waals surface area contributed by atoms with Crippen molar-refractivity contribution in [3.8, 4) is 5.75 Å². The van der Waals surface area contributed by atoms with Crippen LogP contribution >= 0.6 is 0 Å². The van der Waals surface area contributed by atoms with Crippen LogP contribution < -0.4 is 4.74 Å². The van der Waals surface area contributed by atoms with Crippen molar-refractivity contribution in [3.05, 3.63) is 53.8 Å². The number of aromatic carboxylic acids is 1. The number of carbonyl (C=O) groups is 2. The summed E-state index contributed by atoms with van der Waals surface area (Å²) in [6.45, 7) is 0. The molecule has 1 aliphatic rings. The van der Waals surface area contributed by atoms with Crippen LogP contribution in [0.1, 0.15) is 16.8 Å². The fraction of sp³-hybridized carbons (Fsp3) is 0.0769. The zero-order valence-electron chi connectivity index (χ0n) is 8.92. The van der Waals surface area contributed by atoms with E-state index in [4.69, 9.17) is 9.84 Å². The Labute approximate surface area is 97.8 Å². The number of carbonyl (C=O) groups excluding carboxylic acids is 1. The molecule has 0 unspecified atom stereocenters. The maximum absolute atomic E-state index is 11.0. The maximum Gasteiger partial charge on any atom is 0.339 e. The van der Waals surface area contributed by atoms with E-state index in [1.807, 2.05) is 0 Å². The molecule has 0 amide bonds. The number of ketones is 1. The number of para-hydroxylation sites is 1. The molecule has 86 valence electrons. The van der Waals surface area contributed by atoms with E-state index < -0.39 is 5.97 Å². The summed E-state index contributed by atoms with van der Waals surface area (Å²) < 4.78 is 5.44. The molecule has 1 aromatic rings. The molecule has 0 aliphatic heterocycles. The lowest BCUT2D eigenvalue weighted by Gasteiger charge is -2.10. The van der Waals surface area contributed by atoms with Gasteiger partial charge in [0.05, 0.1) is 0 Å². The standard InChI is InChI=1S/C13H10O4/c14-9-5-7-10(8-6-9)17-12-4-2-1-3-11(12)13(15)16/h1-5,7-8H,6H2,(H,15,16). The van der Waals surface area contributed by atoms with Gasteiger partial charge in [0.2, 0.25) is 0 Å². The van der Waals surface area contributed by atoms with Crippen LogP contribution in [0, 0.1) is 0 Å². The van der Waals surface area contributed by atoms with Crippen molar-refractivity contribution in [1.82, 2.24) is 0 Å². The Hall–Kier alpha value is -2.36. The lowest BCUT2D eigenvalue weighted by Crippen LogP contribution is -2.05. The number of hydrogen-bond acceptors (Lipinski definition) is 3. The summed E-state index contributed by atoms with van der Waals surface area (Å²) in [4.78, 5) is 21.9. The van der Waals surface area contributed by atoms with Gasteiger partial charge in [-0.25, -0.2) is 4.79 Å². The van der Waals surface area contributed by atoms with Gasteiger partial charge in [-0.15, -0.1) is 0 Å². The van der Waals surface area contributed by atoms with E-state index in [0.29, 0.717) is 5.76 Å². The number of allylic oxidation sites excluding steroid dienone is 3. The van der Waals surface area contributed by atoms with E-state index in [1.165, 1.54) is 18.2 Å². The Balaban J connectivity index is 2.22. The molecule has 1 aliphatic carbocycles. The van der Waals surface area contributed by atoms with Gasteiger partial charge in [0, 0.05) is 6.42 Å². The van der Waals surface area contributed by atoms with Gasteiger partial charge >= 0.3 is 5.97 Å². The molecule has 17 heavy (non-hydrogen) atoms. The second-order valence-electron chi connectivity index (χ2n) is 3.51. The third kappa shape index (κ3) is 2.60. The van der Waals surface area contributed by atoms with Gasteiger partial charge < -0.3 is 9.84 Å².